The minimum absolute atomic E-state index is 0.00129. The summed E-state index contributed by atoms with van der Waals surface area (Å²) in [6, 6.07) is 8.96. The number of rotatable bonds is 22. The highest BCUT2D eigenvalue weighted by atomic mass is 32.1. The SMILES string of the molecule is C[C@@H](NC(=O)[C@@H](N)CCS)C(=O)N[C@H](Cc1ccccc1)C(=O)N[C@@H](CCCN=C(N)N)C(=O)N[C@@H](Cc1c[nH]c2ccccc12)C(=O)N[C@H](C(=O)O)C(C)(C)S. The van der Waals surface area contributed by atoms with Gasteiger partial charge in [-0.1, -0.05) is 48.5 Å². The van der Waals surface area contributed by atoms with Crippen LogP contribution in [0.15, 0.2) is 65.8 Å². The van der Waals surface area contributed by atoms with Gasteiger partial charge in [0, 0.05) is 41.2 Å². The second kappa shape index (κ2) is 21.9. The number of guanidine groups is 1. The maximum absolute atomic E-state index is 14.2. The van der Waals surface area contributed by atoms with E-state index in [0.29, 0.717) is 16.9 Å². The van der Waals surface area contributed by atoms with Crippen LogP contribution in [0.3, 0.4) is 0 Å². The molecule has 2 aromatic carbocycles. The maximum atomic E-state index is 14.2. The van der Waals surface area contributed by atoms with E-state index in [2.05, 4.69) is 61.8 Å². The zero-order valence-corrected chi connectivity index (χ0v) is 33.9. The van der Waals surface area contributed by atoms with Crippen LogP contribution >= 0.6 is 25.3 Å². The highest BCUT2D eigenvalue weighted by Gasteiger charge is 2.37. The Morgan fingerprint density at radius 1 is 0.789 bits per heavy atom. The van der Waals surface area contributed by atoms with Crippen molar-refractivity contribution < 1.29 is 33.9 Å². The number of carbonyl (C=O) groups excluding carboxylic acids is 5. The van der Waals surface area contributed by atoms with Gasteiger partial charge in [0.1, 0.15) is 30.2 Å². The van der Waals surface area contributed by atoms with Crippen LogP contribution < -0.4 is 43.8 Å². The number of aliphatic imine (C=N–C) groups is 1. The van der Waals surface area contributed by atoms with Gasteiger partial charge in [0.25, 0.3) is 0 Å². The standard InChI is InChI=1S/C38H54N10O7S2/c1-21(44-32(50)25(39)15-17-56)31(49)46-28(18-22-10-5-4-6-11-22)34(52)45-27(14-9-16-42-37(40)41)33(51)47-29(35(53)48-30(36(54)55)38(2,3)57)19-23-20-43-26-13-8-7-12-24(23)26/h4-8,10-13,20-21,25,27-30,43,56-57H,9,14-19,39H2,1-3H3,(H,44,50)(H,45,52)(H,46,49)(H,47,51)(H,48,53)(H,54,55)(H4,40,41,42)/t21-,25+,27+,28-,29+,30-/m1/s1. The van der Waals surface area contributed by atoms with E-state index in [1.165, 1.54) is 20.8 Å². The fourth-order valence-corrected chi connectivity index (χ4v) is 6.30. The van der Waals surface area contributed by atoms with E-state index in [1.807, 2.05) is 24.3 Å². The first-order valence-electron chi connectivity index (χ1n) is 18.4. The Morgan fingerprint density at radius 3 is 2.00 bits per heavy atom. The summed E-state index contributed by atoms with van der Waals surface area (Å²) in [6.45, 7) is 4.61. The number of nitrogens with two attached hydrogens (primary N) is 3. The van der Waals surface area contributed by atoms with Gasteiger partial charge < -0.3 is 53.9 Å². The van der Waals surface area contributed by atoms with Crippen molar-refractivity contribution in [2.75, 3.05) is 12.3 Å². The van der Waals surface area contributed by atoms with Crippen molar-refractivity contribution in [3.8, 4) is 0 Å². The number of fused-ring (bicyclic) bond motifs is 1. The maximum Gasteiger partial charge on any atom is 0.327 e. The van der Waals surface area contributed by atoms with Crippen LogP contribution in [-0.2, 0) is 41.6 Å². The molecule has 3 rings (SSSR count). The van der Waals surface area contributed by atoms with E-state index >= 15 is 0 Å². The Labute approximate surface area is 342 Å². The number of para-hydroxylation sites is 1. The van der Waals surface area contributed by atoms with E-state index in [4.69, 9.17) is 17.2 Å². The Bertz CT molecular complexity index is 1880. The van der Waals surface area contributed by atoms with Crippen molar-refractivity contribution in [1.29, 1.82) is 0 Å². The normalized spacial score (nSPS) is 14.5. The molecule has 0 aliphatic rings. The number of carboxylic acids is 1. The first-order chi connectivity index (χ1) is 26.9. The van der Waals surface area contributed by atoms with E-state index in [0.717, 1.165) is 10.9 Å². The third-order valence-corrected chi connectivity index (χ3v) is 9.51. The molecule has 0 radical (unpaired) electrons. The number of hydrogen-bond donors (Lipinski definition) is 12. The molecule has 0 saturated heterocycles. The first-order valence-corrected chi connectivity index (χ1v) is 19.5. The van der Waals surface area contributed by atoms with Crippen LogP contribution in [0.1, 0.15) is 51.2 Å². The van der Waals surface area contributed by atoms with Gasteiger partial charge in [0.15, 0.2) is 5.96 Å². The Kier molecular flexibility index (Phi) is 17.7. The van der Waals surface area contributed by atoms with Crippen LogP contribution in [0.4, 0.5) is 0 Å². The number of amides is 5. The van der Waals surface area contributed by atoms with E-state index < -0.39 is 76.5 Å². The number of carboxylic acid groups (broad SMARTS) is 1. The largest absolute Gasteiger partial charge is 0.480 e. The molecule has 17 nitrogen and oxygen atoms in total. The van der Waals surface area contributed by atoms with Gasteiger partial charge in [0.05, 0.1) is 6.04 Å². The summed E-state index contributed by atoms with van der Waals surface area (Å²) < 4.78 is -1.18. The summed E-state index contributed by atoms with van der Waals surface area (Å²) in [6.07, 6.45) is 2.16. The molecule has 19 heteroatoms. The van der Waals surface area contributed by atoms with Crippen molar-refractivity contribution in [3.05, 3.63) is 71.9 Å². The first kappa shape index (κ1) is 46.1. The van der Waals surface area contributed by atoms with Gasteiger partial charge in [-0.05, 0) is 63.0 Å². The lowest BCUT2D eigenvalue weighted by Crippen LogP contribution is -2.60. The van der Waals surface area contributed by atoms with Crippen molar-refractivity contribution >= 4 is 77.6 Å². The molecule has 0 saturated carbocycles. The molecule has 3 aromatic rings. The van der Waals surface area contributed by atoms with Crippen molar-refractivity contribution in [2.24, 2.45) is 22.2 Å². The molecular formula is C38H54N10O7S2. The van der Waals surface area contributed by atoms with Gasteiger partial charge in [-0.15, -0.1) is 0 Å². The van der Waals surface area contributed by atoms with Crippen LogP contribution in [-0.4, -0.2) is 105 Å². The predicted octanol–water partition coefficient (Wildman–Crippen LogP) is -0.109. The highest BCUT2D eigenvalue weighted by molar-refractivity contribution is 7.81. The summed E-state index contributed by atoms with van der Waals surface area (Å²) in [5, 5.41) is 23.9. The number of nitrogens with one attached hydrogen (secondary N) is 6. The second-order valence-corrected chi connectivity index (χ2v) is 15.8. The number of aliphatic carboxylic acids is 1. The monoisotopic (exact) mass is 826 g/mol. The summed E-state index contributed by atoms with van der Waals surface area (Å²) >= 11 is 8.47. The Morgan fingerprint density at radius 2 is 1.37 bits per heavy atom. The quantitative estimate of drug-likeness (QED) is 0.0276. The van der Waals surface area contributed by atoms with Crippen LogP contribution in [0, 0.1) is 0 Å². The van der Waals surface area contributed by atoms with Gasteiger partial charge in [0.2, 0.25) is 29.5 Å². The number of benzene rings is 2. The van der Waals surface area contributed by atoms with Gasteiger partial charge in [-0.2, -0.15) is 25.3 Å². The lowest BCUT2D eigenvalue weighted by molar-refractivity contribution is -0.143. The molecule has 310 valence electrons. The Hall–Kier alpha value is -5.27. The lowest BCUT2D eigenvalue weighted by Gasteiger charge is -2.30. The van der Waals surface area contributed by atoms with Crippen molar-refractivity contribution in [1.82, 2.24) is 31.6 Å². The molecule has 57 heavy (non-hydrogen) atoms. The third-order valence-electron chi connectivity index (χ3n) is 8.99. The molecule has 0 unspecified atom stereocenters. The molecule has 0 aliphatic heterocycles. The average Bonchev–Trinajstić information content (AvgIpc) is 3.56. The smallest absolute Gasteiger partial charge is 0.327 e. The van der Waals surface area contributed by atoms with E-state index in [-0.39, 0.29) is 44.6 Å². The zero-order valence-electron chi connectivity index (χ0n) is 32.2. The number of H-pyrrole nitrogens is 1. The summed E-state index contributed by atoms with van der Waals surface area (Å²) in [5.74, 6) is -4.68. The lowest BCUT2D eigenvalue weighted by atomic mass is 10.00. The Balaban J connectivity index is 1.94. The zero-order chi connectivity index (χ0) is 42.3. The van der Waals surface area contributed by atoms with Crippen molar-refractivity contribution in [3.63, 3.8) is 0 Å². The van der Waals surface area contributed by atoms with Gasteiger partial charge in [-0.25, -0.2) is 4.79 Å². The molecule has 1 aromatic heterocycles. The van der Waals surface area contributed by atoms with Gasteiger partial charge >= 0.3 is 5.97 Å². The van der Waals surface area contributed by atoms with Crippen LogP contribution in [0.25, 0.3) is 10.9 Å². The number of carbonyl (C=O) groups is 6. The van der Waals surface area contributed by atoms with Crippen molar-refractivity contribution in [2.45, 2.75) is 93.9 Å². The van der Waals surface area contributed by atoms with E-state index in [9.17, 15) is 33.9 Å². The highest BCUT2D eigenvalue weighted by Crippen LogP contribution is 2.21. The molecule has 13 N–H and O–H groups in total. The summed E-state index contributed by atoms with van der Waals surface area (Å²) in [4.78, 5) is 87.3. The summed E-state index contributed by atoms with van der Waals surface area (Å²) in [7, 11) is 0. The molecule has 0 bridgehead atoms. The molecular weight excluding hydrogens is 773 g/mol. The predicted molar refractivity (Wildman–Crippen MR) is 225 cm³/mol. The number of nitrogens with zero attached hydrogens (tertiary/aromatic N) is 1. The molecule has 0 spiro atoms. The molecule has 6 atom stereocenters. The fraction of sp³-hybridized carbons (Fsp3) is 0.447. The molecule has 0 fully saturated rings. The molecule has 1 heterocycles. The third kappa shape index (κ3) is 14.6. The second-order valence-electron chi connectivity index (χ2n) is 14.2. The molecule has 5 amide bonds. The fourth-order valence-electron chi connectivity index (χ4n) is 5.84. The average molecular weight is 827 g/mol. The number of aromatic nitrogens is 1. The number of aromatic amines is 1. The topological polar surface area (TPSA) is 289 Å². The number of thiol groups is 2. The number of hydrogen-bond acceptors (Lipinski definition) is 10. The van der Waals surface area contributed by atoms with Crippen LogP contribution in [0.5, 0.6) is 0 Å². The minimum Gasteiger partial charge on any atom is -0.480 e. The molecule has 0 aliphatic carbocycles. The van der Waals surface area contributed by atoms with Crippen LogP contribution in [0.2, 0.25) is 0 Å². The minimum atomic E-state index is -1.43. The summed E-state index contributed by atoms with van der Waals surface area (Å²) in [5.41, 5.74) is 19.0. The van der Waals surface area contributed by atoms with E-state index in [1.54, 1.807) is 36.5 Å². The van der Waals surface area contributed by atoms with Gasteiger partial charge in [-0.3, -0.25) is 29.0 Å².